The molecule has 3 atom stereocenters. The van der Waals surface area contributed by atoms with Crippen molar-refractivity contribution >= 4 is 11.3 Å². The highest BCUT2D eigenvalue weighted by molar-refractivity contribution is 7.12. The van der Waals surface area contributed by atoms with Gasteiger partial charge in [-0.2, -0.15) is 0 Å². The molecule has 3 unspecified atom stereocenters. The Hall–Kier alpha value is -0.340. The SMILES string of the molecule is CCC1CCC(N)CC1c1ccc(C)s1. The molecule has 0 aromatic carbocycles. The number of rotatable bonds is 2. The number of nitrogens with two attached hydrogens (primary N) is 1. The Bertz CT molecular complexity index is 318. The topological polar surface area (TPSA) is 26.0 Å². The van der Waals surface area contributed by atoms with Gasteiger partial charge >= 0.3 is 0 Å². The van der Waals surface area contributed by atoms with Gasteiger partial charge in [0.25, 0.3) is 0 Å². The molecule has 84 valence electrons. The third-order valence-corrected chi connectivity index (χ3v) is 4.82. The fourth-order valence-corrected chi connectivity index (χ4v) is 3.84. The molecule has 15 heavy (non-hydrogen) atoms. The highest BCUT2D eigenvalue weighted by Gasteiger charge is 2.29. The molecule has 0 saturated heterocycles. The molecule has 2 N–H and O–H groups in total. The Morgan fingerprint density at radius 2 is 2.20 bits per heavy atom. The van der Waals surface area contributed by atoms with E-state index in [4.69, 9.17) is 5.73 Å². The van der Waals surface area contributed by atoms with Gasteiger partial charge in [0.05, 0.1) is 0 Å². The molecule has 1 aromatic rings. The van der Waals surface area contributed by atoms with Crippen molar-refractivity contribution in [3.8, 4) is 0 Å². The van der Waals surface area contributed by atoms with Gasteiger partial charge in [-0.1, -0.05) is 13.3 Å². The second-order valence-electron chi connectivity index (χ2n) is 4.80. The Labute approximate surface area is 96.7 Å². The summed E-state index contributed by atoms with van der Waals surface area (Å²) in [6, 6.07) is 4.98. The van der Waals surface area contributed by atoms with Crippen LogP contribution in [-0.4, -0.2) is 6.04 Å². The molecule has 1 nitrogen and oxygen atoms in total. The molecule has 1 aliphatic carbocycles. The van der Waals surface area contributed by atoms with Gasteiger partial charge < -0.3 is 5.73 Å². The van der Waals surface area contributed by atoms with Gasteiger partial charge in [-0.3, -0.25) is 0 Å². The van der Waals surface area contributed by atoms with Crippen molar-refractivity contribution in [3.63, 3.8) is 0 Å². The molecule has 0 radical (unpaired) electrons. The van der Waals surface area contributed by atoms with Crippen LogP contribution in [0.5, 0.6) is 0 Å². The third-order valence-electron chi connectivity index (χ3n) is 3.68. The molecule has 1 aliphatic rings. The van der Waals surface area contributed by atoms with Crippen LogP contribution in [0.4, 0.5) is 0 Å². The number of thiophene rings is 1. The van der Waals surface area contributed by atoms with E-state index in [1.54, 1.807) is 4.88 Å². The minimum absolute atomic E-state index is 0.431. The van der Waals surface area contributed by atoms with Crippen molar-refractivity contribution in [2.45, 2.75) is 51.5 Å². The lowest BCUT2D eigenvalue weighted by molar-refractivity contribution is 0.276. The molecule has 1 heterocycles. The average Bonchev–Trinajstić information content (AvgIpc) is 2.65. The summed E-state index contributed by atoms with van der Waals surface area (Å²) in [4.78, 5) is 2.99. The first kappa shape index (κ1) is 11.2. The number of hydrogen-bond donors (Lipinski definition) is 1. The van der Waals surface area contributed by atoms with Gasteiger partial charge in [0, 0.05) is 15.8 Å². The van der Waals surface area contributed by atoms with Crippen molar-refractivity contribution < 1.29 is 0 Å². The highest BCUT2D eigenvalue weighted by atomic mass is 32.1. The Kier molecular flexibility index (Phi) is 3.47. The zero-order chi connectivity index (χ0) is 10.8. The molecule has 1 fully saturated rings. The van der Waals surface area contributed by atoms with Crippen LogP contribution >= 0.6 is 11.3 Å². The van der Waals surface area contributed by atoms with Crippen molar-refractivity contribution in [2.24, 2.45) is 11.7 Å². The van der Waals surface area contributed by atoms with Crippen LogP contribution in [0.3, 0.4) is 0 Å². The first-order valence-electron chi connectivity index (χ1n) is 6.02. The summed E-state index contributed by atoms with van der Waals surface area (Å²) < 4.78 is 0. The van der Waals surface area contributed by atoms with Crippen LogP contribution in [0.15, 0.2) is 12.1 Å². The fourth-order valence-electron chi connectivity index (χ4n) is 2.76. The molecule has 1 saturated carbocycles. The quantitative estimate of drug-likeness (QED) is 0.813. The standard InChI is InChI=1S/C13H21NS/c1-3-10-5-6-11(14)8-12(10)13-7-4-9(2)15-13/h4,7,10-12H,3,5-6,8,14H2,1-2H3. The maximum atomic E-state index is 6.09. The minimum atomic E-state index is 0.431. The second-order valence-corrected chi connectivity index (χ2v) is 6.12. The summed E-state index contributed by atoms with van der Waals surface area (Å²) in [5.74, 6) is 1.60. The van der Waals surface area contributed by atoms with E-state index >= 15 is 0 Å². The monoisotopic (exact) mass is 223 g/mol. The second kappa shape index (κ2) is 4.67. The van der Waals surface area contributed by atoms with Crippen molar-refractivity contribution in [1.29, 1.82) is 0 Å². The van der Waals surface area contributed by atoms with E-state index in [0.717, 1.165) is 11.8 Å². The summed E-state index contributed by atoms with van der Waals surface area (Å²) >= 11 is 1.96. The van der Waals surface area contributed by atoms with Gasteiger partial charge in [-0.15, -0.1) is 11.3 Å². The van der Waals surface area contributed by atoms with Gasteiger partial charge in [-0.05, 0) is 50.2 Å². The van der Waals surface area contributed by atoms with Crippen LogP contribution in [-0.2, 0) is 0 Å². The maximum absolute atomic E-state index is 6.09. The van der Waals surface area contributed by atoms with Gasteiger partial charge in [-0.25, -0.2) is 0 Å². The fraction of sp³-hybridized carbons (Fsp3) is 0.692. The normalized spacial score (nSPS) is 31.8. The summed E-state index contributed by atoms with van der Waals surface area (Å²) in [5.41, 5.74) is 6.09. The van der Waals surface area contributed by atoms with Crippen LogP contribution in [0.25, 0.3) is 0 Å². The lowest BCUT2D eigenvalue weighted by atomic mass is 9.75. The first-order valence-corrected chi connectivity index (χ1v) is 6.84. The number of aryl methyl sites for hydroxylation is 1. The van der Waals surface area contributed by atoms with Crippen LogP contribution in [0.2, 0.25) is 0 Å². The summed E-state index contributed by atoms with van der Waals surface area (Å²) in [6.07, 6.45) is 5.03. The average molecular weight is 223 g/mol. The van der Waals surface area contributed by atoms with E-state index in [1.807, 2.05) is 11.3 Å². The van der Waals surface area contributed by atoms with E-state index in [2.05, 4.69) is 26.0 Å². The smallest absolute Gasteiger partial charge is 0.00823 e. The van der Waals surface area contributed by atoms with Crippen LogP contribution in [0, 0.1) is 12.8 Å². The van der Waals surface area contributed by atoms with E-state index in [0.29, 0.717) is 6.04 Å². The molecule has 0 aliphatic heterocycles. The zero-order valence-corrected chi connectivity index (χ0v) is 10.5. The predicted octanol–water partition coefficient (Wildman–Crippen LogP) is 3.68. The predicted molar refractivity (Wildman–Crippen MR) is 67.4 cm³/mol. The highest BCUT2D eigenvalue weighted by Crippen LogP contribution is 2.41. The molecule has 2 heteroatoms. The van der Waals surface area contributed by atoms with Crippen molar-refractivity contribution in [1.82, 2.24) is 0 Å². The zero-order valence-electron chi connectivity index (χ0n) is 9.70. The molecule has 0 spiro atoms. The largest absolute Gasteiger partial charge is 0.328 e. The molecule has 1 aromatic heterocycles. The van der Waals surface area contributed by atoms with Crippen LogP contribution < -0.4 is 5.73 Å². The summed E-state index contributed by atoms with van der Waals surface area (Å²) in [6.45, 7) is 4.51. The van der Waals surface area contributed by atoms with E-state index in [-0.39, 0.29) is 0 Å². The maximum Gasteiger partial charge on any atom is 0.00823 e. The molecule has 0 bridgehead atoms. The molecule has 2 rings (SSSR count). The van der Waals surface area contributed by atoms with Crippen molar-refractivity contribution in [2.75, 3.05) is 0 Å². The Balaban J connectivity index is 2.16. The molecular formula is C13H21NS. The van der Waals surface area contributed by atoms with Crippen molar-refractivity contribution in [3.05, 3.63) is 21.9 Å². The van der Waals surface area contributed by atoms with E-state index in [9.17, 15) is 0 Å². The first-order chi connectivity index (χ1) is 7.20. The number of hydrogen-bond acceptors (Lipinski definition) is 2. The lowest BCUT2D eigenvalue weighted by Gasteiger charge is -2.33. The summed E-state index contributed by atoms with van der Waals surface area (Å²) in [7, 11) is 0. The Morgan fingerprint density at radius 3 is 2.80 bits per heavy atom. The molecule has 0 amide bonds. The summed E-state index contributed by atoms with van der Waals surface area (Å²) in [5, 5.41) is 0. The molecular weight excluding hydrogens is 202 g/mol. The van der Waals surface area contributed by atoms with Gasteiger partial charge in [0.1, 0.15) is 0 Å². The van der Waals surface area contributed by atoms with E-state index in [1.165, 1.54) is 30.6 Å². The van der Waals surface area contributed by atoms with E-state index < -0.39 is 0 Å². The Morgan fingerprint density at radius 1 is 1.40 bits per heavy atom. The van der Waals surface area contributed by atoms with Crippen LogP contribution in [0.1, 0.15) is 48.3 Å². The van der Waals surface area contributed by atoms with Gasteiger partial charge in [0.15, 0.2) is 0 Å². The lowest BCUT2D eigenvalue weighted by Crippen LogP contribution is -2.31. The minimum Gasteiger partial charge on any atom is -0.328 e. The third kappa shape index (κ3) is 2.43. The van der Waals surface area contributed by atoms with Gasteiger partial charge in [0.2, 0.25) is 0 Å².